The Bertz CT molecular complexity index is 476. The molecule has 16 heavy (non-hydrogen) atoms. The first-order chi connectivity index (χ1) is 7.74. The lowest BCUT2D eigenvalue weighted by Crippen LogP contribution is -1.66. The van der Waals surface area contributed by atoms with Crippen molar-refractivity contribution in [3.63, 3.8) is 0 Å². The monoisotopic (exact) mass is 250 g/mol. The van der Waals surface area contributed by atoms with Gasteiger partial charge in [0.05, 0.1) is 11.4 Å². The summed E-state index contributed by atoms with van der Waals surface area (Å²) in [5, 5.41) is 9.40. The van der Waals surface area contributed by atoms with Crippen LogP contribution in [0.1, 0.15) is 0 Å². The highest BCUT2D eigenvalue weighted by molar-refractivity contribution is 6.31. The summed E-state index contributed by atoms with van der Waals surface area (Å²) in [5.41, 5.74) is 1.43. The van der Waals surface area contributed by atoms with Gasteiger partial charge in [-0.25, -0.2) is 0 Å². The molecule has 0 saturated carbocycles. The molecule has 0 aliphatic carbocycles. The molecule has 4 heteroatoms. The number of rotatable bonds is 2. The van der Waals surface area contributed by atoms with Gasteiger partial charge in [-0.3, -0.25) is 0 Å². The average Bonchev–Trinajstić information content (AvgIpc) is 2.27. The van der Waals surface area contributed by atoms with Gasteiger partial charge in [-0.1, -0.05) is 35.3 Å². The summed E-state index contributed by atoms with van der Waals surface area (Å²) >= 11 is 11.7. The van der Waals surface area contributed by atoms with Crippen molar-refractivity contribution < 1.29 is 0 Å². The molecule has 2 rings (SSSR count). The van der Waals surface area contributed by atoms with E-state index in [0.29, 0.717) is 21.4 Å². The second-order valence-electron chi connectivity index (χ2n) is 3.16. The highest BCUT2D eigenvalue weighted by Gasteiger charge is 1.93. The minimum absolute atomic E-state index is 0.641. The molecule has 0 heterocycles. The summed E-state index contributed by atoms with van der Waals surface area (Å²) in [6.45, 7) is 0. The first-order valence-corrected chi connectivity index (χ1v) is 5.42. The van der Waals surface area contributed by atoms with Crippen LogP contribution in [0.4, 0.5) is 11.4 Å². The van der Waals surface area contributed by atoms with Crippen molar-refractivity contribution in [1.29, 1.82) is 0 Å². The van der Waals surface area contributed by atoms with E-state index in [4.69, 9.17) is 23.2 Å². The van der Waals surface area contributed by atoms with Crippen LogP contribution >= 0.6 is 23.2 Å². The Morgan fingerprint density at radius 3 is 1.50 bits per heavy atom. The highest BCUT2D eigenvalue weighted by Crippen LogP contribution is 2.22. The van der Waals surface area contributed by atoms with Crippen LogP contribution in [0.3, 0.4) is 0 Å². The van der Waals surface area contributed by atoms with Gasteiger partial charge in [0.25, 0.3) is 0 Å². The third kappa shape index (κ3) is 3.05. The van der Waals surface area contributed by atoms with E-state index < -0.39 is 0 Å². The molecule has 2 aromatic carbocycles. The van der Waals surface area contributed by atoms with Crippen molar-refractivity contribution in [2.45, 2.75) is 0 Å². The predicted molar refractivity (Wildman–Crippen MR) is 67.1 cm³/mol. The molecule has 0 aliphatic rings. The van der Waals surface area contributed by atoms with E-state index in [1.807, 2.05) is 24.3 Å². The molecule has 0 unspecified atom stereocenters. The Morgan fingerprint density at radius 1 is 0.688 bits per heavy atom. The van der Waals surface area contributed by atoms with Crippen molar-refractivity contribution in [2.75, 3.05) is 0 Å². The quantitative estimate of drug-likeness (QED) is 0.637. The molecule has 0 fully saturated rings. The average molecular weight is 251 g/mol. The summed E-state index contributed by atoms with van der Waals surface area (Å²) in [6.07, 6.45) is 0. The van der Waals surface area contributed by atoms with Crippen molar-refractivity contribution in [3.05, 3.63) is 58.6 Å². The molecule has 0 bridgehead atoms. The van der Waals surface area contributed by atoms with Gasteiger partial charge in [-0.2, -0.15) is 10.2 Å². The van der Waals surface area contributed by atoms with E-state index >= 15 is 0 Å². The van der Waals surface area contributed by atoms with Crippen LogP contribution in [0.5, 0.6) is 0 Å². The van der Waals surface area contributed by atoms with Crippen molar-refractivity contribution >= 4 is 34.6 Å². The molecule has 2 aromatic rings. The highest BCUT2D eigenvalue weighted by atomic mass is 35.5. The molecule has 0 aliphatic heterocycles. The summed E-state index contributed by atoms with van der Waals surface area (Å²) in [6, 6.07) is 14.4. The molecule has 0 atom stereocenters. The predicted octanol–water partition coefficient (Wildman–Crippen LogP) is 5.41. The van der Waals surface area contributed by atoms with Gasteiger partial charge in [-0.15, -0.1) is 0 Å². The Hall–Kier alpha value is -1.38. The van der Waals surface area contributed by atoms with Gasteiger partial charge in [0, 0.05) is 10.0 Å². The van der Waals surface area contributed by atoms with Crippen LogP contribution in [0.15, 0.2) is 58.8 Å². The van der Waals surface area contributed by atoms with Crippen LogP contribution in [0.25, 0.3) is 0 Å². The van der Waals surface area contributed by atoms with E-state index in [1.54, 1.807) is 24.3 Å². The van der Waals surface area contributed by atoms with Gasteiger partial charge in [0.2, 0.25) is 0 Å². The topological polar surface area (TPSA) is 24.7 Å². The number of halogens is 2. The Morgan fingerprint density at radius 2 is 1.12 bits per heavy atom. The number of benzene rings is 2. The second-order valence-corrected chi connectivity index (χ2v) is 4.03. The molecule has 0 aromatic heterocycles. The number of hydrogen-bond donors (Lipinski definition) is 0. The molecule has 0 radical (unpaired) electrons. The van der Waals surface area contributed by atoms with Crippen LogP contribution in [-0.2, 0) is 0 Å². The summed E-state index contributed by atoms with van der Waals surface area (Å²) in [4.78, 5) is 0. The molecule has 0 N–H and O–H groups in total. The molecule has 80 valence electrons. The summed E-state index contributed by atoms with van der Waals surface area (Å²) < 4.78 is 0. The molecular weight excluding hydrogens is 243 g/mol. The van der Waals surface area contributed by atoms with Gasteiger partial charge in [0.1, 0.15) is 0 Å². The second kappa shape index (κ2) is 5.10. The Balaban J connectivity index is 2.21. The molecule has 0 saturated heterocycles. The fourth-order valence-corrected chi connectivity index (χ4v) is 1.56. The molecular formula is C12H8Cl2N2. The minimum atomic E-state index is 0.641. The smallest absolute Gasteiger partial charge is 0.0871 e. The molecule has 0 spiro atoms. The number of azo groups is 1. The zero-order chi connectivity index (χ0) is 11.4. The Labute approximate surface area is 104 Å². The van der Waals surface area contributed by atoms with Crippen LogP contribution in [-0.4, -0.2) is 0 Å². The van der Waals surface area contributed by atoms with Crippen LogP contribution in [0, 0.1) is 0 Å². The number of nitrogens with zero attached hydrogens (tertiary/aromatic N) is 2. The van der Waals surface area contributed by atoms with Gasteiger partial charge in [0.15, 0.2) is 0 Å². The van der Waals surface area contributed by atoms with Crippen molar-refractivity contribution in [1.82, 2.24) is 0 Å². The number of hydrogen-bond acceptors (Lipinski definition) is 2. The first kappa shape index (κ1) is 11.1. The van der Waals surface area contributed by atoms with Gasteiger partial charge >= 0.3 is 0 Å². The maximum Gasteiger partial charge on any atom is 0.0871 e. The normalized spacial score (nSPS) is 10.9. The molecule has 2 nitrogen and oxygen atoms in total. The van der Waals surface area contributed by atoms with E-state index in [0.717, 1.165) is 0 Å². The SMILES string of the molecule is Clc1cccc(N=Nc2cccc(Cl)c2)c1. The maximum absolute atomic E-state index is 5.83. The van der Waals surface area contributed by atoms with E-state index in [2.05, 4.69) is 10.2 Å². The van der Waals surface area contributed by atoms with Crippen LogP contribution in [0.2, 0.25) is 10.0 Å². The zero-order valence-electron chi connectivity index (χ0n) is 8.27. The third-order valence-electron chi connectivity index (χ3n) is 1.90. The van der Waals surface area contributed by atoms with Crippen molar-refractivity contribution in [3.8, 4) is 0 Å². The maximum atomic E-state index is 5.83. The third-order valence-corrected chi connectivity index (χ3v) is 2.37. The zero-order valence-corrected chi connectivity index (χ0v) is 9.78. The lowest BCUT2D eigenvalue weighted by atomic mass is 10.3. The first-order valence-electron chi connectivity index (χ1n) is 4.67. The van der Waals surface area contributed by atoms with Crippen molar-refractivity contribution in [2.24, 2.45) is 10.2 Å². The fourth-order valence-electron chi connectivity index (χ4n) is 1.19. The van der Waals surface area contributed by atoms with Gasteiger partial charge < -0.3 is 0 Å². The minimum Gasteiger partial charge on any atom is -0.151 e. The summed E-state index contributed by atoms with van der Waals surface area (Å²) in [7, 11) is 0. The summed E-state index contributed by atoms with van der Waals surface area (Å²) in [5.74, 6) is 0. The lowest BCUT2D eigenvalue weighted by molar-refractivity contribution is 1.23. The van der Waals surface area contributed by atoms with Crippen LogP contribution < -0.4 is 0 Å². The van der Waals surface area contributed by atoms with Gasteiger partial charge in [-0.05, 0) is 36.4 Å². The standard InChI is InChI=1S/C12H8Cl2N2/c13-9-3-1-5-11(7-9)15-16-12-6-2-4-10(14)8-12/h1-8H. The van der Waals surface area contributed by atoms with E-state index in [1.165, 1.54) is 0 Å². The molecule has 0 amide bonds. The lowest BCUT2D eigenvalue weighted by Gasteiger charge is -1.94. The van der Waals surface area contributed by atoms with E-state index in [9.17, 15) is 0 Å². The Kier molecular flexibility index (Phi) is 3.54. The van der Waals surface area contributed by atoms with E-state index in [-0.39, 0.29) is 0 Å². The fraction of sp³-hybridized carbons (Fsp3) is 0. The largest absolute Gasteiger partial charge is 0.151 e.